The second-order valence-electron chi connectivity index (χ2n) is 9.45. The van der Waals surface area contributed by atoms with Crippen LogP contribution in [0, 0.1) is 23.7 Å². The highest BCUT2D eigenvalue weighted by Crippen LogP contribution is 2.38. The molecule has 0 aromatic rings. The summed E-state index contributed by atoms with van der Waals surface area (Å²) in [6.45, 7) is 13.9. The molecule has 0 radical (unpaired) electrons. The summed E-state index contributed by atoms with van der Waals surface area (Å²) in [6.07, 6.45) is 27.8. The molecule has 0 fully saturated rings. The van der Waals surface area contributed by atoms with E-state index in [0.29, 0.717) is 11.8 Å². The first-order chi connectivity index (χ1) is 14.0. The third-order valence-electron chi connectivity index (χ3n) is 6.64. The van der Waals surface area contributed by atoms with Crippen molar-refractivity contribution in [2.24, 2.45) is 23.7 Å². The highest BCUT2D eigenvalue weighted by atomic mass is 14.3. The molecule has 0 heteroatoms. The number of hydrogen-bond donors (Lipinski definition) is 0. The molecule has 0 spiro atoms. The second kappa shape index (κ2) is 12.2. The Hall–Kier alpha value is -1.56. The Kier molecular flexibility index (Phi) is 9.98. The molecule has 0 saturated carbocycles. The normalized spacial score (nSPS) is 23.6. The van der Waals surface area contributed by atoms with E-state index in [4.69, 9.17) is 0 Å². The summed E-state index contributed by atoms with van der Waals surface area (Å²) in [6, 6.07) is 0. The predicted octanol–water partition coefficient (Wildman–Crippen LogP) is 9.15. The summed E-state index contributed by atoms with van der Waals surface area (Å²) in [5.74, 6) is 2.68. The molecule has 2 aliphatic rings. The molecular formula is C29H44. The minimum Gasteiger partial charge on any atom is -0.0801 e. The van der Waals surface area contributed by atoms with E-state index in [-0.39, 0.29) is 0 Å². The molecule has 0 heterocycles. The topological polar surface area (TPSA) is 0 Å². The summed E-state index contributed by atoms with van der Waals surface area (Å²) in [4.78, 5) is 0. The Bertz CT molecular complexity index is 690. The molecule has 160 valence electrons. The zero-order valence-corrected chi connectivity index (χ0v) is 19.9. The van der Waals surface area contributed by atoms with E-state index in [2.05, 4.69) is 90.2 Å². The molecule has 0 N–H and O–H groups in total. The third kappa shape index (κ3) is 7.32. The fourth-order valence-electron chi connectivity index (χ4n) is 4.80. The van der Waals surface area contributed by atoms with Gasteiger partial charge in [-0.15, -0.1) is 0 Å². The molecular weight excluding hydrogens is 348 g/mol. The second-order valence-corrected chi connectivity index (χ2v) is 9.45. The van der Waals surface area contributed by atoms with E-state index in [1.165, 1.54) is 49.7 Å². The van der Waals surface area contributed by atoms with Crippen LogP contribution in [0.15, 0.2) is 70.9 Å². The van der Waals surface area contributed by atoms with Crippen molar-refractivity contribution in [3.05, 3.63) is 70.9 Å². The summed E-state index contributed by atoms with van der Waals surface area (Å²) in [5, 5.41) is 0. The van der Waals surface area contributed by atoms with Gasteiger partial charge in [0.05, 0.1) is 0 Å². The first-order valence-corrected chi connectivity index (χ1v) is 12.1. The fraction of sp³-hybridized carbons (Fsp3) is 0.586. The van der Waals surface area contributed by atoms with Gasteiger partial charge in [-0.2, -0.15) is 0 Å². The lowest BCUT2D eigenvalue weighted by Gasteiger charge is -2.31. The van der Waals surface area contributed by atoms with Crippen LogP contribution in [0.2, 0.25) is 0 Å². The number of allylic oxidation sites excluding steroid dienone is 12. The number of unbranched alkanes of at least 4 members (excludes halogenated alkanes) is 1. The lowest BCUT2D eigenvalue weighted by Crippen LogP contribution is -2.19. The van der Waals surface area contributed by atoms with Crippen molar-refractivity contribution < 1.29 is 0 Å². The van der Waals surface area contributed by atoms with Gasteiger partial charge < -0.3 is 0 Å². The fourth-order valence-corrected chi connectivity index (χ4v) is 4.80. The Morgan fingerprint density at radius 1 is 1.14 bits per heavy atom. The predicted molar refractivity (Wildman–Crippen MR) is 131 cm³/mol. The Balaban J connectivity index is 2.12. The first kappa shape index (κ1) is 23.7. The van der Waals surface area contributed by atoms with Gasteiger partial charge in [-0.3, -0.25) is 0 Å². The van der Waals surface area contributed by atoms with Crippen LogP contribution in [0.5, 0.6) is 0 Å². The van der Waals surface area contributed by atoms with E-state index in [9.17, 15) is 0 Å². The summed E-state index contributed by atoms with van der Waals surface area (Å²) in [7, 11) is 0. The standard InChI is InChI=1S/C29H44/c1-7-9-13-25(8-2)29-21-24(6)18-20-27(29)15-11-16-28(22(3)4)26-14-10-12-23(5)17-19-26/h10,12,14,16-20,22-23,25,29H,7-9,11,13,15,21H2,1-6H3. The van der Waals surface area contributed by atoms with Crippen LogP contribution in [-0.4, -0.2) is 0 Å². The summed E-state index contributed by atoms with van der Waals surface area (Å²) < 4.78 is 0. The molecule has 0 amide bonds. The van der Waals surface area contributed by atoms with E-state index >= 15 is 0 Å². The Morgan fingerprint density at radius 3 is 2.62 bits per heavy atom. The molecule has 2 aliphatic carbocycles. The van der Waals surface area contributed by atoms with E-state index < -0.39 is 0 Å². The highest BCUT2D eigenvalue weighted by molar-refractivity contribution is 5.44. The van der Waals surface area contributed by atoms with Crippen LogP contribution < -0.4 is 0 Å². The zero-order valence-electron chi connectivity index (χ0n) is 19.9. The average molecular weight is 393 g/mol. The smallest absolute Gasteiger partial charge is 0.00754 e. The first-order valence-electron chi connectivity index (χ1n) is 12.1. The van der Waals surface area contributed by atoms with Crippen molar-refractivity contribution in [2.75, 3.05) is 0 Å². The van der Waals surface area contributed by atoms with Gasteiger partial charge in [0.15, 0.2) is 0 Å². The zero-order chi connectivity index (χ0) is 21.2. The van der Waals surface area contributed by atoms with Gasteiger partial charge in [0.25, 0.3) is 0 Å². The van der Waals surface area contributed by atoms with Gasteiger partial charge in [-0.1, -0.05) is 114 Å². The maximum Gasteiger partial charge on any atom is -0.00754 e. The molecule has 0 bridgehead atoms. The maximum absolute atomic E-state index is 2.51. The van der Waals surface area contributed by atoms with E-state index in [1.807, 2.05) is 0 Å². The highest BCUT2D eigenvalue weighted by Gasteiger charge is 2.25. The van der Waals surface area contributed by atoms with E-state index in [0.717, 1.165) is 18.3 Å². The number of hydrogen-bond acceptors (Lipinski definition) is 0. The van der Waals surface area contributed by atoms with Crippen molar-refractivity contribution in [3.8, 4) is 0 Å². The van der Waals surface area contributed by atoms with Crippen LogP contribution in [0.25, 0.3) is 0 Å². The van der Waals surface area contributed by atoms with Crippen LogP contribution in [0.1, 0.15) is 86.5 Å². The lowest BCUT2D eigenvalue weighted by atomic mass is 9.74. The summed E-state index contributed by atoms with van der Waals surface area (Å²) in [5.41, 5.74) is 6.14. The molecule has 0 saturated heterocycles. The SMILES string of the molecule is CCCCC(CC)C1CC(C)=CC=C1CCC=C(C1=CC=CC(C)C=C1)C(C)C. The van der Waals surface area contributed by atoms with E-state index in [1.54, 1.807) is 11.1 Å². The molecule has 0 aromatic carbocycles. The van der Waals surface area contributed by atoms with Gasteiger partial charge in [0.2, 0.25) is 0 Å². The van der Waals surface area contributed by atoms with Crippen molar-refractivity contribution >= 4 is 0 Å². The quantitative estimate of drug-likeness (QED) is 0.347. The monoisotopic (exact) mass is 392 g/mol. The summed E-state index contributed by atoms with van der Waals surface area (Å²) >= 11 is 0. The van der Waals surface area contributed by atoms with Crippen molar-refractivity contribution in [1.82, 2.24) is 0 Å². The van der Waals surface area contributed by atoms with Crippen LogP contribution >= 0.6 is 0 Å². The molecule has 2 rings (SSSR count). The van der Waals surface area contributed by atoms with Crippen LogP contribution in [0.4, 0.5) is 0 Å². The van der Waals surface area contributed by atoms with Crippen LogP contribution in [0.3, 0.4) is 0 Å². The van der Waals surface area contributed by atoms with Gasteiger partial charge in [-0.05, 0) is 67.4 Å². The minimum atomic E-state index is 0.523. The molecule has 0 aromatic heterocycles. The Morgan fingerprint density at radius 2 is 1.93 bits per heavy atom. The maximum atomic E-state index is 2.51. The van der Waals surface area contributed by atoms with Gasteiger partial charge in [-0.25, -0.2) is 0 Å². The van der Waals surface area contributed by atoms with Gasteiger partial charge >= 0.3 is 0 Å². The van der Waals surface area contributed by atoms with Crippen molar-refractivity contribution in [2.45, 2.75) is 86.5 Å². The van der Waals surface area contributed by atoms with Gasteiger partial charge in [0.1, 0.15) is 0 Å². The van der Waals surface area contributed by atoms with Crippen LogP contribution in [-0.2, 0) is 0 Å². The third-order valence-corrected chi connectivity index (χ3v) is 6.64. The average Bonchev–Trinajstić information content (AvgIpc) is 2.91. The molecule has 29 heavy (non-hydrogen) atoms. The van der Waals surface area contributed by atoms with Crippen molar-refractivity contribution in [1.29, 1.82) is 0 Å². The minimum absolute atomic E-state index is 0.523. The lowest BCUT2D eigenvalue weighted by molar-refractivity contribution is 0.323. The molecule has 0 aliphatic heterocycles. The molecule has 3 unspecified atom stereocenters. The largest absolute Gasteiger partial charge is 0.0801 e. The molecule has 0 nitrogen and oxygen atoms in total. The molecule has 3 atom stereocenters. The number of rotatable bonds is 10. The van der Waals surface area contributed by atoms with Gasteiger partial charge in [0, 0.05) is 0 Å². The van der Waals surface area contributed by atoms with Crippen molar-refractivity contribution in [3.63, 3.8) is 0 Å². The Labute approximate surface area is 181 Å².